The van der Waals surface area contributed by atoms with E-state index in [1.165, 1.54) is 24.3 Å². The topological polar surface area (TPSA) is 47.0 Å². The zero-order valence-electron chi connectivity index (χ0n) is 14.5. The Morgan fingerprint density at radius 1 is 0.724 bits per heavy atom. The molecular formula is C21H11F4NO2S. The maximum absolute atomic E-state index is 13.8. The van der Waals surface area contributed by atoms with Crippen LogP contribution in [0.5, 0.6) is 0 Å². The number of hydrogen-bond acceptors (Lipinski definition) is 3. The van der Waals surface area contributed by atoms with Gasteiger partial charge in [-0.2, -0.15) is 0 Å². The third-order valence-corrected chi connectivity index (χ3v) is 6.09. The minimum absolute atomic E-state index is 0.0548. The molecule has 0 aliphatic carbocycles. The number of benzene rings is 3. The zero-order valence-corrected chi connectivity index (χ0v) is 15.4. The van der Waals surface area contributed by atoms with Gasteiger partial charge in [-0.25, -0.2) is 26.0 Å². The SMILES string of the molecule is O=S(=O)(c1cc(F)cc(F)c1)c1cnc2cc(F)ccc2c1-c1cccc(F)c1. The standard InChI is InChI=1S/C21H11F4NO2S/c22-13-3-1-2-12(6-13)21-18-5-4-14(23)10-19(18)26-11-20(21)29(27,28)17-8-15(24)7-16(25)9-17/h1-11H. The van der Waals surface area contributed by atoms with Crippen molar-refractivity contribution in [1.29, 1.82) is 0 Å². The second kappa shape index (κ2) is 6.97. The number of fused-ring (bicyclic) bond motifs is 1. The van der Waals surface area contributed by atoms with Gasteiger partial charge in [0.15, 0.2) is 0 Å². The first kappa shape index (κ1) is 19.1. The molecule has 0 N–H and O–H groups in total. The minimum atomic E-state index is -4.44. The van der Waals surface area contributed by atoms with Gasteiger partial charge in [-0.3, -0.25) is 4.98 Å². The van der Waals surface area contributed by atoms with Crippen molar-refractivity contribution in [3.63, 3.8) is 0 Å². The van der Waals surface area contributed by atoms with Gasteiger partial charge in [-0.05, 0) is 42.0 Å². The summed E-state index contributed by atoms with van der Waals surface area (Å²) in [7, 11) is -4.44. The average molecular weight is 417 g/mol. The van der Waals surface area contributed by atoms with Gasteiger partial charge in [0.05, 0.1) is 15.3 Å². The molecule has 0 saturated carbocycles. The normalized spacial score (nSPS) is 11.7. The van der Waals surface area contributed by atoms with E-state index in [1.807, 2.05) is 0 Å². The Morgan fingerprint density at radius 2 is 1.41 bits per heavy atom. The van der Waals surface area contributed by atoms with E-state index in [-0.39, 0.29) is 26.9 Å². The number of aromatic nitrogens is 1. The summed E-state index contributed by atoms with van der Waals surface area (Å²) in [6.07, 6.45) is 0.972. The molecule has 1 aromatic heterocycles. The Labute approximate surface area is 163 Å². The van der Waals surface area contributed by atoms with Crippen LogP contribution < -0.4 is 0 Å². The van der Waals surface area contributed by atoms with E-state index in [2.05, 4.69) is 4.98 Å². The molecule has 0 spiro atoms. The highest BCUT2D eigenvalue weighted by Crippen LogP contribution is 2.37. The summed E-state index contributed by atoms with van der Waals surface area (Å²) in [6, 6.07) is 10.6. The van der Waals surface area contributed by atoms with Crippen LogP contribution in [-0.2, 0) is 9.84 Å². The first-order valence-electron chi connectivity index (χ1n) is 8.31. The lowest BCUT2D eigenvalue weighted by atomic mass is 10.0. The van der Waals surface area contributed by atoms with E-state index < -0.39 is 38.0 Å². The molecule has 4 aromatic rings. The average Bonchev–Trinajstić information content (AvgIpc) is 2.66. The van der Waals surface area contributed by atoms with E-state index in [9.17, 15) is 26.0 Å². The van der Waals surface area contributed by atoms with E-state index in [0.29, 0.717) is 18.2 Å². The number of halogens is 4. The summed E-state index contributed by atoms with van der Waals surface area (Å²) < 4.78 is 81.1. The lowest BCUT2D eigenvalue weighted by Gasteiger charge is -2.14. The third-order valence-electron chi connectivity index (χ3n) is 4.35. The predicted molar refractivity (Wildman–Crippen MR) is 98.9 cm³/mol. The largest absolute Gasteiger partial charge is 0.255 e. The fourth-order valence-electron chi connectivity index (χ4n) is 3.10. The maximum atomic E-state index is 13.8. The number of hydrogen-bond donors (Lipinski definition) is 0. The monoisotopic (exact) mass is 417 g/mol. The molecule has 3 aromatic carbocycles. The van der Waals surface area contributed by atoms with Crippen molar-refractivity contribution in [3.05, 3.63) is 90.1 Å². The van der Waals surface area contributed by atoms with Gasteiger partial charge in [0.25, 0.3) is 0 Å². The highest BCUT2D eigenvalue weighted by Gasteiger charge is 2.26. The van der Waals surface area contributed by atoms with Crippen LogP contribution >= 0.6 is 0 Å². The van der Waals surface area contributed by atoms with Crippen molar-refractivity contribution in [1.82, 2.24) is 4.98 Å². The smallest absolute Gasteiger partial charge is 0.208 e. The summed E-state index contributed by atoms with van der Waals surface area (Å²) in [5, 5.41) is 0.245. The highest BCUT2D eigenvalue weighted by atomic mass is 32.2. The van der Waals surface area contributed by atoms with Crippen LogP contribution in [-0.4, -0.2) is 13.4 Å². The van der Waals surface area contributed by atoms with Crippen molar-refractivity contribution >= 4 is 20.7 Å². The molecule has 0 saturated heterocycles. The zero-order chi connectivity index (χ0) is 20.8. The molecule has 0 amide bonds. The van der Waals surface area contributed by atoms with Gasteiger partial charge >= 0.3 is 0 Å². The number of pyridine rings is 1. The van der Waals surface area contributed by atoms with Gasteiger partial charge in [-0.15, -0.1) is 0 Å². The Hall–Kier alpha value is -3.26. The molecule has 1 heterocycles. The highest BCUT2D eigenvalue weighted by molar-refractivity contribution is 7.91. The van der Waals surface area contributed by atoms with Crippen molar-refractivity contribution in [3.8, 4) is 11.1 Å². The van der Waals surface area contributed by atoms with Crippen LogP contribution in [0.1, 0.15) is 0 Å². The van der Waals surface area contributed by atoms with Gasteiger partial charge in [-0.1, -0.05) is 12.1 Å². The molecule has 0 atom stereocenters. The molecule has 0 radical (unpaired) electrons. The summed E-state index contributed by atoms with van der Waals surface area (Å²) in [6.45, 7) is 0. The molecule has 0 bridgehead atoms. The molecule has 0 unspecified atom stereocenters. The second-order valence-corrected chi connectivity index (χ2v) is 8.20. The minimum Gasteiger partial charge on any atom is -0.255 e. The van der Waals surface area contributed by atoms with E-state index in [1.54, 1.807) is 0 Å². The Balaban J connectivity index is 2.09. The quantitative estimate of drug-likeness (QED) is 0.426. The van der Waals surface area contributed by atoms with E-state index >= 15 is 0 Å². The van der Waals surface area contributed by atoms with Gasteiger partial charge < -0.3 is 0 Å². The number of sulfone groups is 1. The molecule has 146 valence electrons. The van der Waals surface area contributed by atoms with Crippen LogP contribution in [0, 0.1) is 23.3 Å². The fraction of sp³-hybridized carbons (Fsp3) is 0. The maximum Gasteiger partial charge on any atom is 0.208 e. The van der Waals surface area contributed by atoms with Crippen LogP contribution in [0.15, 0.2) is 76.7 Å². The summed E-state index contributed by atoms with van der Waals surface area (Å²) in [4.78, 5) is 2.99. The number of rotatable bonds is 3. The van der Waals surface area contributed by atoms with Crippen molar-refractivity contribution in [2.24, 2.45) is 0 Å². The Kier molecular flexibility index (Phi) is 4.58. The van der Waals surface area contributed by atoms with Gasteiger partial charge in [0.1, 0.15) is 23.3 Å². The lowest BCUT2D eigenvalue weighted by Crippen LogP contribution is -2.07. The third kappa shape index (κ3) is 3.47. The molecule has 29 heavy (non-hydrogen) atoms. The van der Waals surface area contributed by atoms with Crippen molar-refractivity contribution in [2.75, 3.05) is 0 Å². The van der Waals surface area contributed by atoms with Crippen LogP contribution in [0.2, 0.25) is 0 Å². The van der Waals surface area contributed by atoms with Gasteiger partial charge in [0, 0.05) is 29.3 Å². The van der Waals surface area contributed by atoms with Gasteiger partial charge in [0.2, 0.25) is 9.84 Å². The predicted octanol–water partition coefficient (Wildman–Crippen LogP) is 5.29. The molecule has 0 aliphatic heterocycles. The summed E-state index contributed by atoms with van der Waals surface area (Å²) in [5.74, 6) is -3.33. The van der Waals surface area contributed by atoms with Crippen LogP contribution in [0.25, 0.3) is 22.0 Å². The van der Waals surface area contributed by atoms with Crippen LogP contribution in [0.3, 0.4) is 0 Å². The van der Waals surface area contributed by atoms with Crippen LogP contribution in [0.4, 0.5) is 17.6 Å². The molecule has 0 fully saturated rings. The Bertz CT molecular complexity index is 1350. The molecule has 3 nitrogen and oxygen atoms in total. The summed E-state index contributed by atoms with van der Waals surface area (Å²) >= 11 is 0. The van der Waals surface area contributed by atoms with E-state index in [4.69, 9.17) is 0 Å². The van der Waals surface area contributed by atoms with Crippen molar-refractivity contribution in [2.45, 2.75) is 9.79 Å². The molecular weight excluding hydrogens is 406 g/mol. The lowest BCUT2D eigenvalue weighted by molar-refractivity contribution is 0.567. The number of nitrogens with zero attached hydrogens (tertiary/aromatic N) is 1. The molecule has 0 aliphatic rings. The first-order chi connectivity index (χ1) is 13.8. The fourth-order valence-corrected chi connectivity index (χ4v) is 4.58. The summed E-state index contributed by atoms with van der Waals surface area (Å²) in [5.41, 5.74) is 0.396. The molecule has 4 rings (SSSR count). The van der Waals surface area contributed by atoms with Crippen molar-refractivity contribution < 1.29 is 26.0 Å². The molecule has 8 heteroatoms. The Morgan fingerprint density at radius 3 is 2.10 bits per heavy atom. The second-order valence-electron chi connectivity index (χ2n) is 6.28. The van der Waals surface area contributed by atoms with E-state index in [0.717, 1.165) is 24.4 Å². The first-order valence-corrected chi connectivity index (χ1v) is 9.79.